The third-order valence-corrected chi connectivity index (χ3v) is 4.81. The first-order valence-corrected chi connectivity index (χ1v) is 7.53. The largest absolute Gasteiger partial charge is 0.277 e. The van der Waals surface area contributed by atoms with Gasteiger partial charge in [-0.15, -0.1) is 11.3 Å². The van der Waals surface area contributed by atoms with Crippen molar-refractivity contribution < 1.29 is 9.59 Å². The monoisotopic (exact) mass is 304 g/mol. The van der Waals surface area contributed by atoms with E-state index in [9.17, 15) is 9.59 Å². The predicted molar refractivity (Wildman–Crippen MR) is 82.2 cm³/mol. The maximum absolute atomic E-state index is 12.0. The highest BCUT2D eigenvalue weighted by Gasteiger charge is 2.39. The van der Waals surface area contributed by atoms with Crippen LogP contribution < -0.4 is 5.43 Å². The van der Waals surface area contributed by atoms with Crippen LogP contribution in [0.1, 0.15) is 36.3 Å². The first kappa shape index (κ1) is 13.9. The topological polar surface area (TPSA) is 74.1 Å². The van der Waals surface area contributed by atoms with Crippen LogP contribution in [0, 0.1) is 13.8 Å². The zero-order valence-electron chi connectivity index (χ0n) is 12.4. The standard InChI is InChI=1S/C14H16N4O2S/c1-6-8(3)21-14-12(6)7(2)15-10-5-11(20)18(13(10)16-14)17-9(4)19/h10H,5H2,1-4H3,(H,17,19)/t10-/m0/s1. The Balaban J connectivity index is 2.13. The van der Waals surface area contributed by atoms with Crippen molar-refractivity contribution in [2.24, 2.45) is 9.98 Å². The van der Waals surface area contributed by atoms with Crippen LogP contribution in [0.2, 0.25) is 0 Å². The molecule has 2 aliphatic heterocycles. The molecule has 0 unspecified atom stereocenters. The fourth-order valence-corrected chi connectivity index (χ4v) is 3.73. The summed E-state index contributed by atoms with van der Waals surface area (Å²) in [6.07, 6.45) is 0.240. The predicted octanol–water partition coefficient (Wildman–Crippen LogP) is 1.87. The molecule has 0 aromatic carbocycles. The molecule has 1 N–H and O–H groups in total. The summed E-state index contributed by atoms with van der Waals surface area (Å²) in [7, 11) is 0. The van der Waals surface area contributed by atoms with E-state index < -0.39 is 0 Å². The number of hydrogen-bond donors (Lipinski definition) is 1. The lowest BCUT2D eigenvalue weighted by Gasteiger charge is -2.16. The van der Waals surface area contributed by atoms with Crippen LogP contribution in [0.3, 0.4) is 0 Å². The minimum Gasteiger partial charge on any atom is -0.277 e. The van der Waals surface area contributed by atoms with E-state index >= 15 is 0 Å². The summed E-state index contributed by atoms with van der Waals surface area (Å²) >= 11 is 1.59. The van der Waals surface area contributed by atoms with E-state index in [0.29, 0.717) is 5.84 Å². The minimum atomic E-state index is -0.316. The summed E-state index contributed by atoms with van der Waals surface area (Å²) in [5, 5.41) is 2.09. The third-order valence-electron chi connectivity index (χ3n) is 3.71. The lowest BCUT2D eigenvalue weighted by Crippen LogP contribution is -2.45. The summed E-state index contributed by atoms with van der Waals surface area (Å²) < 4.78 is 0. The Bertz CT molecular complexity index is 717. The normalized spacial score (nSPS) is 20.5. The molecule has 0 bridgehead atoms. The smallest absolute Gasteiger partial charge is 0.249 e. The Kier molecular flexibility index (Phi) is 3.16. The van der Waals surface area contributed by atoms with Gasteiger partial charge in [-0.3, -0.25) is 20.0 Å². The molecule has 2 amide bonds. The number of hydrogen-bond acceptors (Lipinski definition) is 5. The SMILES string of the molecule is CC(=O)NN1C(=O)C[C@@H]2N=C(C)c3c(sc(C)c3C)N=C21. The summed E-state index contributed by atoms with van der Waals surface area (Å²) in [5.41, 5.74) is 5.66. The first-order chi connectivity index (χ1) is 9.88. The van der Waals surface area contributed by atoms with Gasteiger partial charge in [-0.1, -0.05) is 0 Å². The molecule has 1 aromatic heterocycles. The molecule has 1 atom stereocenters. The van der Waals surface area contributed by atoms with Crippen molar-refractivity contribution in [3.8, 4) is 0 Å². The molecule has 3 heterocycles. The molecule has 6 nitrogen and oxygen atoms in total. The van der Waals surface area contributed by atoms with Crippen LogP contribution in [-0.4, -0.2) is 34.4 Å². The highest BCUT2D eigenvalue weighted by molar-refractivity contribution is 7.16. The number of thiophene rings is 1. The molecule has 3 rings (SSSR count). The van der Waals surface area contributed by atoms with E-state index in [0.717, 1.165) is 16.3 Å². The van der Waals surface area contributed by atoms with Crippen LogP contribution in [0.4, 0.5) is 5.00 Å². The van der Waals surface area contributed by atoms with Gasteiger partial charge in [-0.05, 0) is 26.3 Å². The number of fused-ring (bicyclic) bond motifs is 2. The van der Waals surface area contributed by atoms with Gasteiger partial charge in [0.1, 0.15) is 11.0 Å². The average molecular weight is 304 g/mol. The van der Waals surface area contributed by atoms with Crippen LogP contribution in [0.5, 0.6) is 0 Å². The second kappa shape index (κ2) is 4.77. The number of carbonyl (C=O) groups excluding carboxylic acids is 2. The second-order valence-corrected chi connectivity index (χ2v) is 6.47. The number of amidine groups is 1. The molecule has 1 fully saturated rings. The molecular formula is C14H16N4O2S. The van der Waals surface area contributed by atoms with Crippen molar-refractivity contribution in [3.05, 3.63) is 16.0 Å². The van der Waals surface area contributed by atoms with Gasteiger partial charge >= 0.3 is 0 Å². The van der Waals surface area contributed by atoms with Gasteiger partial charge in [0.25, 0.3) is 0 Å². The van der Waals surface area contributed by atoms with Crippen LogP contribution in [0.25, 0.3) is 0 Å². The number of hydrazine groups is 1. The Morgan fingerprint density at radius 3 is 2.76 bits per heavy atom. The van der Waals surface area contributed by atoms with Crippen LogP contribution in [0.15, 0.2) is 9.98 Å². The van der Waals surface area contributed by atoms with Gasteiger partial charge in [0.2, 0.25) is 11.8 Å². The number of nitrogens with one attached hydrogen (secondary N) is 1. The summed E-state index contributed by atoms with van der Waals surface area (Å²) in [5.74, 6) is 0.0314. The van der Waals surface area contributed by atoms with Crippen molar-refractivity contribution in [2.45, 2.75) is 40.2 Å². The van der Waals surface area contributed by atoms with Gasteiger partial charge in [0, 0.05) is 23.1 Å². The third kappa shape index (κ3) is 2.17. The van der Waals surface area contributed by atoms with Gasteiger partial charge in [0.15, 0.2) is 5.84 Å². The van der Waals surface area contributed by atoms with Crippen molar-refractivity contribution in [1.82, 2.24) is 10.4 Å². The highest BCUT2D eigenvalue weighted by Crippen LogP contribution is 2.38. The van der Waals surface area contributed by atoms with Gasteiger partial charge in [0.05, 0.1) is 6.42 Å². The van der Waals surface area contributed by atoms with Gasteiger partial charge in [-0.25, -0.2) is 10.0 Å². The van der Waals surface area contributed by atoms with E-state index in [1.54, 1.807) is 11.3 Å². The molecule has 21 heavy (non-hydrogen) atoms. The Labute approximate surface area is 126 Å². The number of aryl methyl sites for hydroxylation is 1. The van der Waals surface area contributed by atoms with Crippen molar-refractivity contribution in [3.63, 3.8) is 0 Å². The van der Waals surface area contributed by atoms with Gasteiger partial charge in [-0.2, -0.15) is 0 Å². The molecule has 1 saturated heterocycles. The van der Waals surface area contributed by atoms with Crippen molar-refractivity contribution >= 4 is 39.7 Å². The minimum absolute atomic E-state index is 0.182. The maximum Gasteiger partial charge on any atom is 0.249 e. The number of aliphatic imine (C=N–C) groups is 2. The van der Waals surface area contributed by atoms with Crippen LogP contribution >= 0.6 is 11.3 Å². The maximum atomic E-state index is 12.0. The summed E-state index contributed by atoms with van der Waals surface area (Å²) in [6, 6.07) is -0.316. The number of nitrogens with zero attached hydrogens (tertiary/aromatic N) is 3. The molecular weight excluding hydrogens is 288 g/mol. The van der Waals surface area contributed by atoms with E-state index in [2.05, 4.69) is 22.3 Å². The van der Waals surface area contributed by atoms with Crippen molar-refractivity contribution in [2.75, 3.05) is 0 Å². The molecule has 0 saturated carbocycles. The molecule has 0 spiro atoms. The van der Waals surface area contributed by atoms with E-state index in [-0.39, 0.29) is 24.3 Å². The summed E-state index contributed by atoms with van der Waals surface area (Å²) in [6.45, 7) is 7.42. The second-order valence-electron chi connectivity index (χ2n) is 5.26. The molecule has 2 aliphatic rings. The zero-order chi connectivity index (χ0) is 15.3. The van der Waals surface area contributed by atoms with Crippen LogP contribution in [-0.2, 0) is 9.59 Å². The number of amides is 2. The zero-order valence-corrected chi connectivity index (χ0v) is 13.2. The first-order valence-electron chi connectivity index (χ1n) is 6.72. The molecule has 7 heteroatoms. The van der Waals surface area contributed by atoms with Crippen molar-refractivity contribution in [1.29, 1.82) is 0 Å². The average Bonchev–Trinajstić information content (AvgIpc) is 2.75. The van der Waals surface area contributed by atoms with Gasteiger partial charge < -0.3 is 0 Å². The molecule has 1 aromatic rings. The lowest BCUT2D eigenvalue weighted by molar-refractivity contribution is -0.134. The molecule has 110 valence electrons. The number of carbonyl (C=O) groups is 2. The quantitative estimate of drug-likeness (QED) is 0.860. The Morgan fingerprint density at radius 1 is 1.38 bits per heavy atom. The highest BCUT2D eigenvalue weighted by atomic mass is 32.1. The fraction of sp³-hybridized carbons (Fsp3) is 0.429. The van der Waals surface area contributed by atoms with E-state index in [1.165, 1.54) is 22.4 Å². The molecule has 0 aliphatic carbocycles. The fourth-order valence-electron chi connectivity index (χ4n) is 2.65. The van der Waals surface area contributed by atoms with E-state index in [1.807, 2.05) is 13.8 Å². The summed E-state index contributed by atoms with van der Waals surface area (Å²) in [4.78, 5) is 33.8. The van der Waals surface area contributed by atoms with E-state index in [4.69, 9.17) is 0 Å². The molecule has 0 radical (unpaired) electrons. The lowest BCUT2D eigenvalue weighted by atomic mass is 10.1. The Hall–Kier alpha value is -2.02. The Morgan fingerprint density at radius 2 is 2.10 bits per heavy atom. The number of rotatable bonds is 1.